The molecule has 0 aliphatic heterocycles. The third-order valence-electron chi connectivity index (χ3n) is 2.41. The first-order valence-corrected chi connectivity index (χ1v) is 5.22. The Labute approximate surface area is 95.0 Å². The van der Waals surface area contributed by atoms with Crippen molar-refractivity contribution in [3.05, 3.63) is 29.8 Å². The molecule has 88 valence electrons. The molecule has 0 saturated heterocycles. The Kier molecular flexibility index (Phi) is 4.79. The monoisotopic (exact) mass is 223 g/mol. The van der Waals surface area contributed by atoms with E-state index in [1.807, 2.05) is 24.3 Å². The Morgan fingerprint density at radius 3 is 2.81 bits per heavy atom. The van der Waals surface area contributed by atoms with Gasteiger partial charge in [-0.1, -0.05) is 18.2 Å². The lowest BCUT2D eigenvalue weighted by atomic mass is 10.0. The lowest BCUT2D eigenvalue weighted by molar-refractivity contribution is -0.137. The van der Waals surface area contributed by atoms with E-state index in [0.717, 1.165) is 17.7 Å². The minimum atomic E-state index is -0.854. The lowest BCUT2D eigenvalue weighted by Crippen LogP contribution is -2.24. The highest BCUT2D eigenvalue weighted by atomic mass is 16.5. The van der Waals surface area contributed by atoms with Crippen LogP contribution in [0.5, 0.6) is 5.75 Å². The van der Waals surface area contributed by atoms with E-state index in [9.17, 15) is 4.79 Å². The molecule has 0 bridgehead atoms. The second-order valence-electron chi connectivity index (χ2n) is 3.71. The van der Waals surface area contributed by atoms with Crippen LogP contribution in [0.1, 0.15) is 18.4 Å². The van der Waals surface area contributed by atoms with Gasteiger partial charge in [0, 0.05) is 6.04 Å². The van der Waals surface area contributed by atoms with Gasteiger partial charge in [0.1, 0.15) is 5.75 Å². The summed E-state index contributed by atoms with van der Waals surface area (Å²) in [5.41, 5.74) is 6.75. The first kappa shape index (κ1) is 12.5. The van der Waals surface area contributed by atoms with Gasteiger partial charge in [-0.05, 0) is 24.5 Å². The molecule has 0 heterocycles. The summed E-state index contributed by atoms with van der Waals surface area (Å²) in [6, 6.07) is 7.38. The fourth-order valence-corrected chi connectivity index (χ4v) is 1.58. The average Bonchev–Trinajstić information content (AvgIpc) is 2.26. The summed E-state index contributed by atoms with van der Waals surface area (Å²) in [6.07, 6.45) is 1.39. The predicted molar refractivity (Wildman–Crippen MR) is 61.5 cm³/mol. The molecule has 1 rings (SSSR count). The number of benzene rings is 1. The minimum Gasteiger partial charge on any atom is -0.496 e. The standard InChI is InChI=1S/C12H17NO3/c1-16-11-5-3-2-4-9(11)6-7-10(13)8-12(14)15/h2-5,10H,6-8,13H2,1H3,(H,14,15). The van der Waals surface area contributed by atoms with Crippen LogP contribution in [0.4, 0.5) is 0 Å². The summed E-state index contributed by atoms with van der Waals surface area (Å²) in [5, 5.41) is 8.58. The van der Waals surface area contributed by atoms with Crippen molar-refractivity contribution in [1.82, 2.24) is 0 Å². The van der Waals surface area contributed by atoms with E-state index in [-0.39, 0.29) is 12.5 Å². The van der Waals surface area contributed by atoms with E-state index >= 15 is 0 Å². The normalized spacial score (nSPS) is 12.1. The van der Waals surface area contributed by atoms with Crippen LogP contribution in [-0.4, -0.2) is 24.2 Å². The van der Waals surface area contributed by atoms with Crippen LogP contribution in [0.2, 0.25) is 0 Å². The maximum atomic E-state index is 10.4. The molecule has 1 aromatic carbocycles. The van der Waals surface area contributed by atoms with Crippen molar-refractivity contribution in [2.24, 2.45) is 5.73 Å². The van der Waals surface area contributed by atoms with Gasteiger partial charge in [0.2, 0.25) is 0 Å². The third-order valence-corrected chi connectivity index (χ3v) is 2.41. The molecule has 3 N–H and O–H groups in total. The van der Waals surface area contributed by atoms with Crippen LogP contribution in [0.15, 0.2) is 24.3 Å². The van der Waals surface area contributed by atoms with Gasteiger partial charge in [-0.3, -0.25) is 4.79 Å². The number of aliphatic carboxylic acids is 1. The van der Waals surface area contributed by atoms with E-state index in [1.165, 1.54) is 0 Å². The minimum absolute atomic E-state index is 0.00908. The molecule has 0 aliphatic carbocycles. The molecule has 0 saturated carbocycles. The number of aryl methyl sites for hydroxylation is 1. The fraction of sp³-hybridized carbons (Fsp3) is 0.417. The zero-order valence-electron chi connectivity index (χ0n) is 9.35. The van der Waals surface area contributed by atoms with Crippen molar-refractivity contribution in [3.63, 3.8) is 0 Å². The number of nitrogens with two attached hydrogens (primary N) is 1. The summed E-state index contributed by atoms with van der Waals surface area (Å²) in [4.78, 5) is 10.4. The highest BCUT2D eigenvalue weighted by Gasteiger charge is 2.09. The smallest absolute Gasteiger partial charge is 0.304 e. The second kappa shape index (κ2) is 6.12. The highest BCUT2D eigenvalue weighted by Crippen LogP contribution is 2.19. The topological polar surface area (TPSA) is 72.5 Å². The van der Waals surface area contributed by atoms with Crippen LogP contribution in [0.3, 0.4) is 0 Å². The third kappa shape index (κ3) is 3.90. The molecule has 0 aromatic heterocycles. The molecule has 1 atom stereocenters. The largest absolute Gasteiger partial charge is 0.496 e. The van der Waals surface area contributed by atoms with Crippen molar-refractivity contribution >= 4 is 5.97 Å². The summed E-state index contributed by atoms with van der Waals surface area (Å²) < 4.78 is 5.20. The Balaban J connectivity index is 2.50. The van der Waals surface area contributed by atoms with E-state index < -0.39 is 5.97 Å². The van der Waals surface area contributed by atoms with Gasteiger partial charge >= 0.3 is 5.97 Å². The maximum Gasteiger partial charge on any atom is 0.304 e. The molecule has 0 spiro atoms. The zero-order chi connectivity index (χ0) is 12.0. The SMILES string of the molecule is COc1ccccc1CCC(N)CC(=O)O. The highest BCUT2D eigenvalue weighted by molar-refractivity contribution is 5.67. The van der Waals surface area contributed by atoms with Gasteiger partial charge in [-0.2, -0.15) is 0 Å². The summed E-state index contributed by atoms with van der Waals surface area (Å²) in [6.45, 7) is 0. The molecule has 0 radical (unpaired) electrons. The van der Waals surface area contributed by atoms with E-state index in [4.69, 9.17) is 15.6 Å². The number of carboxylic acid groups (broad SMARTS) is 1. The Morgan fingerprint density at radius 2 is 2.19 bits per heavy atom. The van der Waals surface area contributed by atoms with Crippen molar-refractivity contribution in [2.75, 3.05) is 7.11 Å². The molecule has 0 amide bonds. The number of carbonyl (C=O) groups is 1. The van der Waals surface area contributed by atoms with Gasteiger partial charge < -0.3 is 15.6 Å². The number of rotatable bonds is 6. The van der Waals surface area contributed by atoms with Gasteiger partial charge in [0.25, 0.3) is 0 Å². The first-order chi connectivity index (χ1) is 7.63. The summed E-state index contributed by atoms with van der Waals surface area (Å²) in [5.74, 6) is -0.0300. The maximum absolute atomic E-state index is 10.4. The van der Waals surface area contributed by atoms with Gasteiger partial charge in [0.05, 0.1) is 13.5 Å². The number of methoxy groups -OCH3 is 1. The molecular weight excluding hydrogens is 206 g/mol. The first-order valence-electron chi connectivity index (χ1n) is 5.22. The molecule has 4 heteroatoms. The lowest BCUT2D eigenvalue weighted by Gasteiger charge is -2.11. The van der Waals surface area contributed by atoms with E-state index in [1.54, 1.807) is 7.11 Å². The van der Waals surface area contributed by atoms with Crippen molar-refractivity contribution < 1.29 is 14.6 Å². The van der Waals surface area contributed by atoms with Gasteiger partial charge in [-0.25, -0.2) is 0 Å². The van der Waals surface area contributed by atoms with E-state index in [0.29, 0.717) is 6.42 Å². The molecule has 1 unspecified atom stereocenters. The number of hydrogen-bond donors (Lipinski definition) is 2. The summed E-state index contributed by atoms with van der Waals surface area (Å²) >= 11 is 0. The van der Waals surface area contributed by atoms with Crippen molar-refractivity contribution in [2.45, 2.75) is 25.3 Å². The van der Waals surface area contributed by atoms with E-state index in [2.05, 4.69) is 0 Å². The number of ether oxygens (including phenoxy) is 1. The Hall–Kier alpha value is -1.55. The average molecular weight is 223 g/mol. The van der Waals surface area contributed by atoms with Gasteiger partial charge in [0.15, 0.2) is 0 Å². The fourth-order valence-electron chi connectivity index (χ4n) is 1.58. The van der Waals surface area contributed by atoms with Gasteiger partial charge in [-0.15, -0.1) is 0 Å². The Bertz CT molecular complexity index is 352. The predicted octanol–water partition coefficient (Wildman–Crippen LogP) is 1.43. The molecule has 4 nitrogen and oxygen atoms in total. The van der Waals surface area contributed by atoms with Crippen LogP contribution in [0.25, 0.3) is 0 Å². The molecular formula is C12H17NO3. The number of hydrogen-bond acceptors (Lipinski definition) is 3. The number of carboxylic acids is 1. The quantitative estimate of drug-likeness (QED) is 0.765. The molecule has 0 aliphatic rings. The van der Waals surface area contributed by atoms with Crippen LogP contribution < -0.4 is 10.5 Å². The summed E-state index contributed by atoms with van der Waals surface area (Å²) in [7, 11) is 1.62. The molecule has 0 fully saturated rings. The second-order valence-corrected chi connectivity index (χ2v) is 3.71. The van der Waals surface area contributed by atoms with Crippen LogP contribution in [-0.2, 0) is 11.2 Å². The molecule has 1 aromatic rings. The number of para-hydroxylation sites is 1. The van der Waals surface area contributed by atoms with Crippen molar-refractivity contribution in [1.29, 1.82) is 0 Å². The van der Waals surface area contributed by atoms with Crippen LogP contribution >= 0.6 is 0 Å². The zero-order valence-corrected chi connectivity index (χ0v) is 9.35. The molecule has 16 heavy (non-hydrogen) atoms. The van der Waals surface area contributed by atoms with Crippen LogP contribution in [0, 0.1) is 0 Å². The van der Waals surface area contributed by atoms with Crippen molar-refractivity contribution in [3.8, 4) is 5.75 Å². The Morgan fingerprint density at radius 1 is 1.50 bits per heavy atom.